The number of allylic oxidation sites excluding steroid dienone is 2. The van der Waals surface area contributed by atoms with Gasteiger partial charge in [0.2, 0.25) is 0 Å². The van der Waals surface area contributed by atoms with Crippen LogP contribution < -0.4 is 11.5 Å². The van der Waals surface area contributed by atoms with E-state index in [4.69, 9.17) is 11.5 Å². The Morgan fingerprint density at radius 1 is 1.23 bits per heavy atom. The molecule has 0 rings (SSSR count). The molecule has 0 aromatic rings. The molecule has 0 saturated heterocycles. The first-order valence-electron chi connectivity index (χ1n) is 3.83. The first-order valence-corrected chi connectivity index (χ1v) is 6.28. The summed E-state index contributed by atoms with van der Waals surface area (Å²) in [5, 5.41) is 0. The quantitative estimate of drug-likeness (QED) is 0.708. The number of nitrogens with two attached hydrogens (primary N) is 2. The normalized spacial score (nSPS) is 14.8. The van der Waals surface area contributed by atoms with Crippen LogP contribution in [0.15, 0.2) is 33.9 Å². The van der Waals surface area contributed by atoms with Crippen LogP contribution in [0.4, 0.5) is 0 Å². The molecule has 0 unspecified atom stereocenters. The molecule has 0 aromatic heterocycles. The van der Waals surface area contributed by atoms with Gasteiger partial charge in [-0.15, -0.1) is 23.5 Å². The topological polar surface area (TPSA) is 52.0 Å². The molecule has 13 heavy (non-hydrogen) atoms. The van der Waals surface area contributed by atoms with Gasteiger partial charge in [0.05, 0.1) is 0 Å². The lowest BCUT2D eigenvalue weighted by atomic mass is 10.3. The van der Waals surface area contributed by atoms with Crippen molar-refractivity contribution in [2.45, 2.75) is 6.92 Å². The zero-order valence-electron chi connectivity index (χ0n) is 8.20. The molecule has 0 saturated carbocycles. The Morgan fingerprint density at radius 3 is 2.15 bits per heavy atom. The van der Waals surface area contributed by atoms with Crippen LogP contribution in [0, 0.1) is 0 Å². The number of rotatable bonds is 4. The van der Waals surface area contributed by atoms with Crippen molar-refractivity contribution in [3.8, 4) is 0 Å². The van der Waals surface area contributed by atoms with Gasteiger partial charge in [0.25, 0.3) is 0 Å². The van der Waals surface area contributed by atoms with E-state index in [9.17, 15) is 0 Å². The Morgan fingerprint density at radius 2 is 1.85 bits per heavy atom. The molecular weight excluding hydrogens is 200 g/mol. The Hall–Kier alpha value is -0.480. The first-order chi connectivity index (χ1) is 6.19. The van der Waals surface area contributed by atoms with Gasteiger partial charge in [-0.05, 0) is 25.5 Å². The molecule has 74 valence electrons. The van der Waals surface area contributed by atoms with Crippen LogP contribution in [0.5, 0.6) is 0 Å². The molecule has 0 spiro atoms. The van der Waals surface area contributed by atoms with Gasteiger partial charge in [0.1, 0.15) is 0 Å². The molecule has 0 heterocycles. The van der Waals surface area contributed by atoms with Crippen molar-refractivity contribution in [3.63, 3.8) is 0 Å². The largest absolute Gasteiger partial charge is 0.404 e. The SMILES string of the molecule is C/C=C(N)/C(=C\C(=C\N)SC)SC. The van der Waals surface area contributed by atoms with Crippen LogP contribution in [0.25, 0.3) is 0 Å². The van der Waals surface area contributed by atoms with Gasteiger partial charge in [-0.3, -0.25) is 0 Å². The van der Waals surface area contributed by atoms with Crippen LogP contribution in [-0.2, 0) is 0 Å². The Balaban J connectivity index is 4.75. The first kappa shape index (κ1) is 12.5. The van der Waals surface area contributed by atoms with Gasteiger partial charge >= 0.3 is 0 Å². The van der Waals surface area contributed by atoms with Crippen molar-refractivity contribution in [3.05, 3.63) is 33.9 Å². The molecule has 0 bridgehead atoms. The van der Waals surface area contributed by atoms with Gasteiger partial charge in [-0.2, -0.15) is 0 Å². The van der Waals surface area contributed by atoms with Crippen molar-refractivity contribution in [1.29, 1.82) is 0 Å². The van der Waals surface area contributed by atoms with Crippen molar-refractivity contribution < 1.29 is 0 Å². The van der Waals surface area contributed by atoms with Gasteiger partial charge in [0.15, 0.2) is 0 Å². The summed E-state index contributed by atoms with van der Waals surface area (Å²) in [4.78, 5) is 2.07. The Kier molecular flexibility index (Phi) is 6.72. The lowest BCUT2D eigenvalue weighted by molar-refractivity contribution is 1.37. The summed E-state index contributed by atoms with van der Waals surface area (Å²) in [7, 11) is 0. The Labute approximate surface area is 88.5 Å². The minimum Gasteiger partial charge on any atom is -0.404 e. The van der Waals surface area contributed by atoms with Crippen molar-refractivity contribution >= 4 is 23.5 Å². The van der Waals surface area contributed by atoms with Gasteiger partial charge in [-0.25, -0.2) is 0 Å². The minimum atomic E-state index is 0.793. The molecule has 0 radical (unpaired) electrons. The fraction of sp³-hybridized carbons (Fsp3) is 0.333. The highest BCUT2D eigenvalue weighted by Crippen LogP contribution is 2.23. The van der Waals surface area contributed by atoms with E-state index in [0.29, 0.717) is 0 Å². The van der Waals surface area contributed by atoms with E-state index >= 15 is 0 Å². The van der Waals surface area contributed by atoms with Crippen LogP contribution in [0.2, 0.25) is 0 Å². The number of hydrogen-bond donors (Lipinski definition) is 2. The smallest absolute Gasteiger partial charge is 0.0409 e. The Bertz CT molecular complexity index is 242. The van der Waals surface area contributed by atoms with Crippen LogP contribution in [-0.4, -0.2) is 12.5 Å². The summed E-state index contributed by atoms with van der Waals surface area (Å²) < 4.78 is 0. The van der Waals surface area contributed by atoms with E-state index in [0.717, 1.165) is 15.5 Å². The fourth-order valence-corrected chi connectivity index (χ4v) is 1.75. The molecule has 0 aromatic carbocycles. The predicted octanol–water partition coefficient (Wildman–Crippen LogP) is 2.26. The number of thioether (sulfide) groups is 2. The summed E-state index contributed by atoms with van der Waals surface area (Å²) in [5.41, 5.74) is 12.0. The van der Waals surface area contributed by atoms with E-state index in [1.54, 1.807) is 29.7 Å². The highest BCUT2D eigenvalue weighted by molar-refractivity contribution is 8.03. The van der Waals surface area contributed by atoms with E-state index in [2.05, 4.69) is 0 Å². The molecule has 0 aliphatic rings. The second-order valence-electron chi connectivity index (χ2n) is 2.23. The van der Waals surface area contributed by atoms with Crippen LogP contribution in [0.3, 0.4) is 0 Å². The third-order valence-corrected chi connectivity index (χ3v) is 3.01. The van der Waals surface area contributed by atoms with Crippen LogP contribution in [0.1, 0.15) is 6.92 Å². The summed E-state index contributed by atoms with van der Waals surface area (Å²) >= 11 is 3.22. The average Bonchev–Trinajstić information content (AvgIpc) is 2.19. The summed E-state index contributed by atoms with van der Waals surface area (Å²) in [6.45, 7) is 1.92. The maximum absolute atomic E-state index is 5.78. The third-order valence-electron chi connectivity index (χ3n) is 1.49. The maximum Gasteiger partial charge on any atom is 0.0409 e. The van der Waals surface area contributed by atoms with Crippen LogP contribution >= 0.6 is 23.5 Å². The highest BCUT2D eigenvalue weighted by atomic mass is 32.2. The fourth-order valence-electron chi connectivity index (χ4n) is 0.707. The van der Waals surface area contributed by atoms with Crippen molar-refractivity contribution in [1.82, 2.24) is 0 Å². The molecule has 0 aliphatic carbocycles. The average molecular weight is 216 g/mol. The standard InChI is InChI=1S/C9H16N2S2/c1-4-8(11)9(13-3)5-7(6-10)12-2/h4-6H,10-11H2,1-3H3/b7-6-,8-4-,9-5+. The van der Waals surface area contributed by atoms with E-state index in [1.165, 1.54) is 0 Å². The molecule has 0 aliphatic heterocycles. The number of hydrogen-bond acceptors (Lipinski definition) is 4. The molecule has 0 fully saturated rings. The van der Waals surface area contributed by atoms with Gasteiger partial charge in [-0.1, -0.05) is 6.08 Å². The lowest BCUT2D eigenvalue weighted by Gasteiger charge is -2.04. The zero-order valence-corrected chi connectivity index (χ0v) is 9.84. The second kappa shape index (κ2) is 6.97. The predicted molar refractivity (Wildman–Crippen MR) is 65.3 cm³/mol. The molecule has 0 atom stereocenters. The highest BCUT2D eigenvalue weighted by Gasteiger charge is 1.99. The molecule has 4 N–H and O–H groups in total. The molecule has 2 nitrogen and oxygen atoms in total. The second-order valence-corrected chi connectivity index (χ2v) is 3.96. The monoisotopic (exact) mass is 216 g/mol. The third kappa shape index (κ3) is 4.33. The zero-order chi connectivity index (χ0) is 10.3. The van der Waals surface area contributed by atoms with E-state index < -0.39 is 0 Å². The summed E-state index contributed by atoms with van der Waals surface area (Å²) in [6.07, 6.45) is 9.45. The summed E-state index contributed by atoms with van der Waals surface area (Å²) in [6, 6.07) is 0. The van der Waals surface area contributed by atoms with Crippen molar-refractivity contribution in [2.24, 2.45) is 11.5 Å². The van der Waals surface area contributed by atoms with E-state index in [1.807, 2.05) is 31.6 Å². The van der Waals surface area contributed by atoms with Gasteiger partial charge < -0.3 is 11.5 Å². The summed E-state index contributed by atoms with van der Waals surface area (Å²) in [5.74, 6) is 0. The lowest BCUT2D eigenvalue weighted by Crippen LogP contribution is -1.98. The molecule has 4 heteroatoms. The van der Waals surface area contributed by atoms with Gasteiger partial charge in [0, 0.05) is 21.7 Å². The van der Waals surface area contributed by atoms with E-state index in [-0.39, 0.29) is 0 Å². The maximum atomic E-state index is 5.78. The molecule has 0 amide bonds. The molecular formula is C9H16N2S2. The van der Waals surface area contributed by atoms with Crippen molar-refractivity contribution in [2.75, 3.05) is 12.5 Å². The minimum absolute atomic E-state index is 0.793.